The zero-order chi connectivity index (χ0) is 8.43. The Bertz CT molecular complexity index is 271. The smallest absolute Gasteiger partial charge is 0.240 e. The Hall–Kier alpha value is -0.940. The van der Waals surface area contributed by atoms with Gasteiger partial charge >= 0.3 is 0 Å². The van der Waals surface area contributed by atoms with E-state index in [9.17, 15) is 4.79 Å². The van der Waals surface area contributed by atoms with Crippen molar-refractivity contribution in [2.75, 3.05) is 0 Å². The Kier molecular flexibility index (Phi) is 2.21. The quantitative estimate of drug-likeness (QED) is 0.653. The molecular formula is C6H9N3OS. The van der Waals surface area contributed by atoms with Crippen LogP contribution in [0.15, 0.2) is 5.38 Å². The normalized spacial score (nSPS) is 12.9. The molecule has 4 N–H and O–H groups in total. The molecular weight excluding hydrogens is 162 g/mol. The maximum Gasteiger partial charge on any atom is 0.240 e. The SMILES string of the molecule is Cc1nc(C(N)C(N)=O)cs1. The summed E-state index contributed by atoms with van der Waals surface area (Å²) in [6.45, 7) is 1.85. The number of carbonyl (C=O) groups is 1. The van der Waals surface area contributed by atoms with Crippen molar-refractivity contribution in [3.63, 3.8) is 0 Å². The van der Waals surface area contributed by atoms with Crippen molar-refractivity contribution in [2.24, 2.45) is 11.5 Å². The highest BCUT2D eigenvalue weighted by atomic mass is 32.1. The Labute approximate surface area is 68.2 Å². The first kappa shape index (κ1) is 8.16. The van der Waals surface area contributed by atoms with E-state index in [4.69, 9.17) is 11.5 Å². The number of rotatable bonds is 2. The van der Waals surface area contributed by atoms with Gasteiger partial charge in [-0.1, -0.05) is 0 Å². The molecule has 1 heterocycles. The van der Waals surface area contributed by atoms with E-state index in [0.717, 1.165) is 5.01 Å². The van der Waals surface area contributed by atoms with Crippen LogP contribution in [0.25, 0.3) is 0 Å². The minimum absolute atomic E-state index is 0.546. The lowest BCUT2D eigenvalue weighted by molar-refractivity contribution is -0.119. The summed E-state index contributed by atoms with van der Waals surface area (Å²) in [5.74, 6) is -0.546. The second-order valence-electron chi connectivity index (χ2n) is 2.17. The van der Waals surface area contributed by atoms with Crippen LogP contribution in [0.5, 0.6) is 0 Å². The number of aryl methyl sites for hydroxylation is 1. The summed E-state index contributed by atoms with van der Waals surface area (Å²) in [6, 6.07) is -0.764. The molecule has 60 valence electrons. The highest BCUT2D eigenvalue weighted by molar-refractivity contribution is 7.09. The monoisotopic (exact) mass is 171 g/mol. The van der Waals surface area contributed by atoms with Crippen LogP contribution in [-0.4, -0.2) is 10.9 Å². The lowest BCUT2D eigenvalue weighted by Gasteiger charge is -2.00. The molecule has 0 saturated carbocycles. The number of carbonyl (C=O) groups excluding carboxylic acids is 1. The van der Waals surface area contributed by atoms with Gasteiger partial charge in [-0.2, -0.15) is 0 Å². The van der Waals surface area contributed by atoms with Crippen LogP contribution in [-0.2, 0) is 4.79 Å². The van der Waals surface area contributed by atoms with Crippen molar-refractivity contribution in [3.05, 3.63) is 16.1 Å². The molecule has 1 rings (SSSR count). The van der Waals surface area contributed by atoms with Gasteiger partial charge in [-0.15, -0.1) is 11.3 Å². The van der Waals surface area contributed by atoms with Crippen molar-refractivity contribution in [3.8, 4) is 0 Å². The summed E-state index contributed by atoms with van der Waals surface area (Å²) in [5, 5.41) is 2.63. The minimum Gasteiger partial charge on any atom is -0.368 e. The molecule has 0 spiro atoms. The van der Waals surface area contributed by atoms with Crippen LogP contribution in [0.4, 0.5) is 0 Å². The third-order valence-electron chi connectivity index (χ3n) is 1.26. The van der Waals surface area contributed by atoms with E-state index >= 15 is 0 Å². The van der Waals surface area contributed by atoms with Gasteiger partial charge in [0.05, 0.1) is 10.7 Å². The maximum absolute atomic E-state index is 10.6. The fourth-order valence-corrected chi connectivity index (χ4v) is 1.32. The highest BCUT2D eigenvalue weighted by Crippen LogP contribution is 2.13. The summed E-state index contributed by atoms with van der Waals surface area (Å²) in [7, 11) is 0. The van der Waals surface area contributed by atoms with Gasteiger partial charge in [-0.25, -0.2) is 4.98 Å². The third-order valence-corrected chi connectivity index (χ3v) is 2.05. The van der Waals surface area contributed by atoms with Crippen molar-refractivity contribution in [2.45, 2.75) is 13.0 Å². The summed E-state index contributed by atoms with van der Waals surface area (Å²) in [4.78, 5) is 14.6. The van der Waals surface area contributed by atoms with Gasteiger partial charge in [0, 0.05) is 5.38 Å². The van der Waals surface area contributed by atoms with Gasteiger partial charge in [0.15, 0.2) is 0 Å². The minimum atomic E-state index is -0.764. The lowest BCUT2D eigenvalue weighted by Crippen LogP contribution is -2.28. The van der Waals surface area contributed by atoms with Gasteiger partial charge in [0.25, 0.3) is 0 Å². The Balaban J connectivity index is 2.84. The number of thiazole rings is 1. The van der Waals surface area contributed by atoms with Crippen LogP contribution in [0.1, 0.15) is 16.7 Å². The molecule has 5 heteroatoms. The van der Waals surface area contributed by atoms with Crippen LogP contribution in [0.2, 0.25) is 0 Å². The average molecular weight is 171 g/mol. The van der Waals surface area contributed by atoms with Crippen LogP contribution in [0.3, 0.4) is 0 Å². The first-order valence-electron chi connectivity index (χ1n) is 3.08. The molecule has 11 heavy (non-hydrogen) atoms. The standard InChI is InChI=1S/C6H9N3OS/c1-3-9-4(2-11-3)5(7)6(8)10/h2,5H,7H2,1H3,(H2,8,10). The molecule has 1 amide bonds. The zero-order valence-electron chi connectivity index (χ0n) is 6.07. The number of amides is 1. The Morgan fingerprint density at radius 1 is 1.82 bits per heavy atom. The number of primary amides is 1. The van der Waals surface area contributed by atoms with Gasteiger partial charge in [0.1, 0.15) is 6.04 Å². The van der Waals surface area contributed by atoms with Crippen LogP contribution in [0, 0.1) is 6.92 Å². The molecule has 0 aromatic carbocycles. The summed E-state index contributed by atoms with van der Waals surface area (Å²) >= 11 is 1.45. The van der Waals surface area contributed by atoms with Gasteiger partial charge in [0.2, 0.25) is 5.91 Å². The largest absolute Gasteiger partial charge is 0.368 e. The number of hydrogen-bond acceptors (Lipinski definition) is 4. The van der Waals surface area contributed by atoms with Crippen LogP contribution >= 0.6 is 11.3 Å². The van der Waals surface area contributed by atoms with Gasteiger partial charge in [-0.3, -0.25) is 4.79 Å². The van der Waals surface area contributed by atoms with E-state index < -0.39 is 11.9 Å². The van der Waals surface area contributed by atoms with Gasteiger partial charge in [-0.05, 0) is 6.92 Å². The number of aromatic nitrogens is 1. The van der Waals surface area contributed by atoms with Crippen molar-refractivity contribution in [1.29, 1.82) is 0 Å². The molecule has 0 fully saturated rings. The molecule has 1 aromatic heterocycles. The Morgan fingerprint density at radius 3 is 2.82 bits per heavy atom. The van der Waals surface area contributed by atoms with E-state index in [1.54, 1.807) is 5.38 Å². The summed E-state index contributed by atoms with van der Waals surface area (Å²) < 4.78 is 0. The molecule has 1 atom stereocenters. The third kappa shape index (κ3) is 1.75. The zero-order valence-corrected chi connectivity index (χ0v) is 6.89. The van der Waals surface area contributed by atoms with Gasteiger partial charge < -0.3 is 11.5 Å². The number of hydrogen-bond donors (Lipinski definition) is 2. The summed E-state index contributed by atoms with van der Waals surface area (Å²) in [5.41, 5.74) is 11.0. The fourth-order valence-electron chi connectivity index (χ4n) is 0.669. The van der Waals surface area contributed by atoms with Crippen LogP contribution < -0.4 is 11.5 Å². The summed E-state index contributed by atoms with van der Waals surface area (Å²) in [6.07, 6.45) is 0. The van der Waals surface area contributed by atoms with Crippen molar-refractivity contribution >= 4 is 17.2 Å². The number of nitrogens with two attached hydrogens (primary N) is 2. The van der Waals surface area contributed by atoms with E-state index in [2.05, 4.69) is 4.98 Å². The highest BCUT2D eigenvalue weighted by Gasteiger charge is 2.14. The lowest BCUT2D eigenvalue weighted by atomic mass is 10.2. The molecule has 1 aromatic rings. The first-order chi connectivity index (χ1) is 5.11. The van der Waals surface area contributed by atoms with Crippen molar-refractivity contribution in [1.82, 2.24) is 4.98 Å². The van der Waals surface area contributed by atoms with E-state index in [0.29, 0.717) is 5.69 Å². The molecule has 0 aliphatic heterocycles. The average Bonchev–Trinajstić information content (AvgIpc) is 2.34. The van der Waals surface area contributed by atoms with Crippen molar-refractivity contribution < 1.29 is 4.79 Å². The second kappa shape index (κ2) is 2.98. The molecule has 0 saturated heterocycles. The first-order valence-corrected chi connectivity index (χ1v) is 3.96. The topological polar surface area (TPSA) is 82.0 Å². The fraction of sp³-hybridized carbons (Fsp3) is 0.333. The molecule has 1 unspecified atom stereocenters. The molecule has 0 aliphatic rings. The maximum atomic E-state index is 10.6. The second-order valence-corrected chi connectivity index (χ2v) is 3.23. The van der Waals surface area contributed by atoms with E-state index in [-0.39, 0.29) is 0 Å². The molecule has 4 nitrogen and oxygen atoms in total. The molecule has 0 aliphatic carbocycles. The number of nitrogens with zero attached hydrogens (tertiary/aromatic N) is 1. The predicted octanol–water partition coefficient (Wildman–Crippen LogP) is -0.0634. The van der Waals surface area contributed by atoms with E-state index in [1.807, 2.05) is 6.92 Å². The predicted molar refractivity (Wildman–Crippen MR) is 43.0 cm³/mol. The molecule has 0 radical (unpaired) electrons. The molecule has 0 bridgehead atoms. The van der Waals surface area contributed by atoms with E-state index in [1.165, 1.54) is 11.3 Å². The Morgan fingerprint density at radius 2 is 2.45 bits per heavy atom.